The fourth-order valence-electron chi connectivity index (χ4n) is 1.51. The molecule has 1 rings (SSSR count). The number of rotatable bonds is 4. The molecule has 0 radical (unpaired) electrons. The Hall–Kier alpha value is -2.05. The molecule has 1 amide bonds. The number of hydrogen-bond acceptors (Lipinski definition) is 4. The van der Waals surface area contributed by atoms with Crippen LogP contribution in [-0.4, -0.2) is 32.8 Å². The van der Waals surface area contributed by atoms with Crippen LogP contribution in [0.1, 0.15) is 29.5 Å². The summed E-state index contributed by atoms with van der Waals surface area (Å²) in [5.41, 5.74) is 6.66. The van der Waals surface area contributed by atoms with Gasteiger partial charge >= 0.3 is 0 Å². The number of amidine groups is 1. The monoisotopic (exact) mass is 239 g/mol. The summed E-state index contributed by atoms with van der Waals surface area (Å²) in [4.78, 5) is 11.9. The minimum absolute atomic E-state index is 0.0141. The number of oxime groups is 1. The second-order valence-corrected chi connectivity index (χ2v) is 3.75. The Balaban J connectivity index is 2.81. The van der Waals surface area contributed by atoms with Gasteiger partial charge in [0.25, 0.3) is 5.91 Å². The van der Waals surface area contributed by atoms with Crippen LogP contribution in [0.3, 0.4) is 0 Å². The Bertz CT molecular complexity index is 438. The van der Waals surface area contributed by atoms with Crippen LogP contribution in [-0.2, 0) is 7.05 Å². The van der Waals surface area contributed by atoms with Crippen molar-refractivity contribution < 1.29 is 10.0 Å². The lowest BCUT2D eigenvalue weighted by Crippen LogP contribution is -2.44. The molecule has 0 saturated heterocycles. The van der Waals surface area contributed by atoms with Gasteiger partial charge in [-0.15, -0.1) is 0 Å². The smallest absolute Gasteiger partial charge is 0.270 e. The van der Waals surface area contributed by atoms with E-state index >= 15 is 0 Å². The van der Waals surface area contributed by atoms with Gasteiger partial charge in [-0.25, -0.2) is 0 Å². The molecule has 0 aliphatic rings. The van der Waals surface area contributed by atoms with Gasteiger partial charge in [0.05, 0.1) is 11.7 Å². The Morgan fingerprint density at radius 1 is 1.76 bits per heavy atom. The van der Waals surface area contributed by atoms with Gasteiger partial charge in [0.15, 0.2) is 5.84 Å². The van der Waals surface area contributed by atoms with E-state index in [1.165, 1.54) is 4.68 Å². The molecule has 0 aliphatic heterocycles. The van der Waals surface area contributed by atoms with Gasteiger partial charge in [-0.05, 0) is 19.4 Å². The van der Waals surface area contributed by atoms with Crippen LogP contribution in [0.4, 0.5) is 0 Å². The van der Waals surface area contributed by atoms with Crippen LogP contribution in [0, 0.1) is 6.92 Å². The van der Waals surface area contributed by atoms with Gasteiger partial charge in [-0.1, -0.05) is 12.1 Å². The maximum Gasteiger partial charge on any atom is 0.270 e. The zero-order valence-corrected chi connectivity index (χ0v) is 10.1. The van der Waals surface area contributed by atoms with Crippen molar-refractivity contribution in [1.29, 1.82) is 0 Å². The number of carbonyl (C=O) groups is 1. The minimum atomic E-state index is -0.484. The molecular formula is C10H17N5O2. The molecular weight excluding hydrogens is 222 g/mol. The van der Waals surface area contributed by atoms with Crippen LogP contribution < -0.4 is 11.1 Å². The summed E-state index contributed by atoms with van der Waals surface area (Å²) in [7, 11) is 1.69. The van der Waals surface area contributed by atoms with Crippen LogP contribution in [0.25, 0.3) is 0 Å². The minimum Gasteiger partial charge on any atom is -0.409 e. The molecule has 1 aromatic rings. The summed E-state index contributed by atoms with van der Waals surface area (Å²) in [6, 6.07) is 1.19. The van der Waals surface area contributed by atoms with E-state index in [-0.39, 0.29) is 11.7 Å². The Labute approximate surface area is 99.3 Å². The van der Waals surface area contributed by atoms with Crippen molar-refractivity contribution in [3.05, 3.63) is 17.5 Å². The highest BCUT2D eigenvalue weighted by molar-refractivity contribution is 5.97. The molecule has 0 bridgehead atoms. The number of carbonyl (C=O) groups excluding carboxylic acids is 1. The van der Waals surface area contributed by atoms with Crippen LogP contribution in [0.15, 0.2) is 11.2 Å². The van der Waals surface area contributed by atoms with Crippen molar-refractivity contribution in [2.75, 3.05) is 0 Å². The van der Waals surface area contributed by atoms with Crippen LogP contribution in [0.2, 0.25) is 0 Å². The SMILES string of the molecule is CCC(NC(=O)c1cc(C)nn1C)C(N)=NO. The second kappa shape index (κ2) is 5.33. The predicted molar refractivity (Wildman–Crippen MR) is 62.9 cm³/mol. The van der Waals surface area contributed by atoms with Crippen molar-refractivity contribution >= 4 is 11.7 Å². The third-order valence-electron chi connectivity index (χ3n) is 2.42. The average Bonchev–Trinajstić information content (AvgIpc) is 2.64. The van der Waals surface area contributed by atoms with Crippen LogP contribution in [0.5, 0.6) is 0 Å². The fraction of sp³-hybridized carbons (Fsp3) is 0.500. The standard InChI is InChI=1S/C10H17N5O2/c1-4-7(9(11)14-17)12-10(16)8-5-6(2)13-15(8)3/h5,7,17H,4H2,1-3H3,(H2,11,14)(H,12,16). The van der Waals surface area contributed by atoms with E-state index in [1.807, 2.05) is 6.92 Å². The van der Waals surface area contributed by atoms with Gasteiger partial charge in [0.1, 0.15) is 5.69 Å². The molecule has 4 N–H and O–H groups in total. The van der Waals surface area contributed by atoms with Gasteiger partial charge in [-0.2, -0.15) is 5.10 Å². The molecule has 1 unspecified atom stereocenters. The molecule has 7 heteroatoms. The largest absolute Gasteiger partial charge is 0.409 e. The van der Waals surface area contributed by atoms with Crippen LogP contribution >= 0.6 is 0 Å². The number of nitrogens with zero attached hydrogens (tertiary/aromatic N) is 3. The summed E-state index contributed by atoms with van der Waals surface area (Å²) in [6.07, 6.45) is 0.540. The highest BCUT2D eigenvalue weighted by atomic mass is 16.4. The Morgan fingerprint density at radius 2 is 2.41 bits per heavy atom. The highest BCUT2D eigenvalue weighted by Crippen LogP contribution is 2.03. The van der Waals surface area contributed by atoms with E-state index in [1.54, 1.807) is 20.0 Å². The molecule has 0 aliphatic carbocycles. The molecule has 0 fully saturated rings. The number of nitrogens with one attached hydrogen (secondary N) is 1. The summed E-state index contributed by atoms with van der Waals surface area (Å²) in [6.45, 7) is 3.63. The van der Waals surface area contributed by atoms with Crippen molar-refractivity contribution in [1.82, 2.24) is 15.1 Å². The molecule has 1 heterocycles. The fourth-order valence-corrected chi connectivity index (χ4v) is 1.51. The summed E-state index contributed by atoms with van der Waals surface area (Å²) >= 11 is 0. The first-order valence-corrected chi connectivity index (χ1v) is 5.28. The first-order chi connectivity index (χ1) is 7.99. The number of amides is 1. The van der Waals surface area contributed by atoms with E-state index in [0.717, 1.165) is 5.69 Å². The third-order valence-corrected chi connectivity index (χ3v) is 2.42. The summed E-state index contributed by atoms with van der Waals surface area (Å²) < 4.78 is 1.49. The lowest BCUT2D eigenvalue weighted by Gasteiger charge is -2.14. The van der Waals surface area contributed by atoms with E-state index in [0.29, 0.717) is 12.1 Å². The quantitative estimate of drug-likeness (QED) is 0.297. The van der Waals surface area contributed by atoms with Gasteiger partial charge in [0.2, 0.25) is 0 Å². The van der Waals surface area contributed by atoms with Gasteiger partial charge in [0, 0.05) is 7.05 Å². The Kier molecular flexibility index (Phi) is 4.08. The number of aryl methyl sites for hydroxylation is 2. The lowest BCUT2D eigenvalue weighted by molar-refractivity contribution is 0.0936. The van der Waals surface area contributed by atoms with Crippen molar-refractivity contribution in [2.45, 2.75) is 26.3 Å². The summed E-state index contributed by atoms with van der Waals surface area (Å²) in [5, 5.41) is 18.2. The maximum absolute atomic E-state index is 11.9. The predicted octanol–water partition coefficient (Wildman–Crippen LogP) is -0.0167. The normalized spacial score (nSPS) is 13.5. The topological polar surface area (TPSA) is 106 Å². The third kappa shape index (κ3) is 2.96. The van der Waals surface area contributed by atoms with E-state index in [4.69, 9.17) is 10.9 Å². The number of nitrogens with two attached hydrogens (primary N) is 1. The van der Waals surface area contributed by atoms with E-state index in [9.17, 15) is 4.79 Å². The maximum atomic E-state index is 11.9. The first-order valence-electron chi connectivity index (χ1n) is 5.28. The molecule has 0 spiro atoms. The van der Waals surface area contributed by atoms with Crippen molar-refractivity contribution in [3.63, 3.8) is 0 Å². The lowest BCUT2D eigenvalue weighted by atomic mass is 10.2. The molecule has 7 nitrogen and oxygen atoms in total. The van der Waals surface area contributed by atoms with E-state index < -0.39 is 6.04 Å². The molecule has 0 saturated carbocycles. The van der Waals surface area contributed by atoms with Crippen molar-refractivity contribution in [2.24, 2.45) is 17.9 Å². The zero-order valence-electron chi connectivity index (χ0n) is 10.1. The number of hydrogen-bond donors (Lipinski definition) is 3. The first kappa shape index (κ1) is 13.0. The molecule has 1 aromatic heterocycles. The molecule has 17 heavy (non-hydrogen) atoms. The van der Waals surface area contributed by atoms with Gasteiger partial charge in [-0.3, -0.25) is 9.48 Å². The van der Waals surface area contributed by atoms with Gasteiger partial charge < -0.3 is 16.3 Å². The molecule has 0 aromatic carbocycles. The number of aromatic nitrogens is 2. The Morgan fingerprint density at radius 3 is 2.82 bits per heavy atom. The highest BCUT2D eigenvalue weighted by Gasteiger charge is 2.18. The molecule has 1 atom stereocenters. The zero-order chi connectivity index (χ0) is 13.0. The molecule has 94 valence electrons. The second-order valence-electron chi connectivity index (χ2n) is 3.75. The summed E-state index contributed by atoms with van der Waals surface area (Å²) in [5.74, 6) is -0.314. The van der Waals surface area contributed by atoms with E-state index in [2.05, 4.69) is 15.6 Å². The average molecular weight is 239 g/mol. The van der Waals surface area contributed by atoms with Crippen molar-refractivity contribution in [3.8, 4) is 0 Å².